The number of nitrogens with zero attached hydrogens (tertiary/aromatic N) is 3. The van der Waals surface area contributed by atoms with Gasteiger partial charge in [0.2, 0.25) is 5.82 Å². The number of rotatable bonds is 9. The summed E-state index contributed by atoms with van der Waals surface area (Å²) in [6, 6.07) is 15.8. The number of halogens is 2. The van der Waals surface area contributed by atoms with Gasteiger partial charge in [-0.2, -0.15) is 9.78 Å². The van der Waals surface area contributed by atoms with Crippen LogP contribution >= 0.6 is 27.5 Å². The van der Waals surface area contributed by atoms with Crippen LogP contribution in [0.3, 0.4) is 0 Å². The summed E-state index contributed by atoms with van der Waals surface area (Å²) in [5.74, 6) is 0.980. The number of carbonyl (C=O) groups is 1. The van der Waals surface area contributed by atoms with Gasteiger partial charge in [-0.05, 0) is 66.2 Å². The van der Waals surface area contributed by atoms with Gasteiger partial charge in [0, 0.05) is 10.0 Å². The summed E-state index contributed by atoms with van der Waals surface area (Å²) >= 11 is 10.1. The van der Waals surface area contributed by atoms with E-state index in [4.69, 9.17) is 39.9 Å². The van der Waals surface area contributed by atoms with Crippen molar-refractivity contribution in [3.8, 4) is 28.8 Å². The first-order chi connectivity index (χ1) is 20.3. The van der Waals surface area contributed by atoms with Crippen LogP contribution in [0.15, 0.2) is 73.4 Å². The van der Waals surface area contributed by atoms with Gasteiger partial charge in [0.1, 0.15) is 16.4 Å². The fourth-order valence-corrected chi connectivity index (χ4v) is 4.94. The molecule has 5 rings (SSSR count). The molecule has 0 aliphatic heterocycles. The summed E-state index contributed by atoms with van der Waals surface area (Å²) < 4.78 is 29.4. The van der Waals surface area contributed by atoms with Gasteiger partial charge >= 0.3 is 5.97 Å². The van der Waals surface area contributed by atoms with Crippen LogP contribution in [0.25, 0.3) is 33.5 Å². The van der Waals surface area contributed by atoms with Crippen LogP contribution < -0.4 is 19.8 Å². The van der Waals surface area contributed by atoms with E-state index in [1.165, 1.54) is 20.2 Å². The monoisotopic (exact) mass is 653 g/mol. The molecule has 3 aromatic carbocycles. The predicted octanol–water partition coefficient (Wildman–Crippen LogP) is 6.46. The Labute approximate surface area is 253 Å². The molecule has 0 saturated carbocycles. The van der Waals surface area contributed by atoms with Gasteiger partial charge in [0.05, 0.1) is 43.3 Å². The minimum Gasteiger partial charge on any atom is -0.496 e. The molecule has 10 nitrogen and oxygen atoms in total. The third-order valence-corrected chi connectivity index (χ3v) is 7.75. The number of hydrogen-bond acceptors (Lipinski definition) is 9. The highest BCUT2D eigenvalue weighted by Gasteiger charge is 2.23. The van der Waals surface area contributed by atoms with Gasteiger partial charge in [-0.25, -0.2) is 9.78 Å². The molecular formula is C30H25BrClN3O7. The van der Waals surface area contributed by atoms with Crippen molar-refractivity contribution in [2.24, 2.45) is 5.10 Å². The second-order valence-corrected chi connectivity index (χ2v) is 10.1. The molecule has 0 amide bonds. The molecule has 0 radical (unpaired) electrons. The average Bonchev–Trinajstić information content (AvgIpc) is 3.45. The summed E-state index contributed by atoms with van der Waals surface area (Å²) in [7, 11) is 2.84. The summed E-state index contributed by atoms with van der Waals surface area (Å²) in [5.41, 5.74) is 1.12. The average molecular weight is 655 g/mol. The normalized spacial score (nSPS) is 12.1. The number of benzene rings is 3. The number of methoxy groups -OCH3 is 2. The first-order valence-electron chi connectivity index (χ1n) is 12.8. The van der Waals surface area contributed by atoms with Gasteiger partial charge in [-0.3, -0.25) is 4.79 Å². The van der Waals surface area contributed by atoms with E-state index >= 15 is 0 Å². The molecule has 0 aliphatic carbocycles. The molecule has 0 spiro atoms. The lowest BCUT2D eigenvalue weighted by Gasteiger charge is -2.18. The summed E-state index contributed by atoms with van der Waals surface area (Å²) in [5, 5.41) is 5.76. The Hall–Kier alpha value is -4.35. The fraction of sp³-hybridized carbons (Fsp3) is 0.200. The zero-order valence-electron chi connectivity index (χ0n) is 23.0. The Kier molecular flexibility index (Phi) is 8.51. The first-order valence-corrected chi connectivity index (χ1v) is 14.0. The highest BCUT2D eigenvalue weighted by Crippen LogP contribution is 2.43. The van der Waals surface area contributed by atoms with Crippen LogP contribution in [0.1, 0.15) is 19.4 Å². The molecule has 0 bridgehead atoms. The topological polar surface area (TPSA) is 114 Å². The van der Waals surface area contributed by atoms with E-state index in [1.807, 2.05) is 12.1 Å². The molecule has 0 aliphatic rings. The van der Waals surface area contributed by atoms with Gasteiger partial charge < -0.3 is 23.4 Å². The maximum atomic E-state index is 13.7. The van der Waals surface area contributed by atoms with Gasteiger partial charge in [0.25, 0.3) is 5.56 Å². The van der Waals surface area contributed by atoms with Crippen molar-refractivity contribution in [3.05, 3.63) is 80.0 Å². The van der Waals surface area contributed by atoms with Gasteiger partial charge in [-0.1, -0.05) is 29.8 Å². The summed E-state index contributed by atoms with van der Waals surface area (Å²) in [6.45, 7) is 3.63. The molecule has 0 fully saturated rings. The summed E-state index contributed by atoms with van der Waals surface area (Å²) in [6.07, 6.45) is 0.502. The van der Waals surface area contributed by atoms with Crippen molar-refractivity contribution >= 4 is 61.6 Å². The van der Waals surface area contributed by atoms with E-state index in [-0.39, 0.29) is 22.3 Å². The SMILES string of the molecule is CCOc1cc(C=Nn2c(-c3cc4c(OC)cccc4o3)nc3ccccc3c2=O)c(Br)c(Cl)c1O[C@H](C)C(=O)OC. The van der Waals surface area contributed by atoms with Crippen LogP contribution in [-0.2, 0) is 9.53 Å². The molecule has 42 heavy (non-hydrogen) atoms. The molecule has 2 heterocycles. The summed E-state index contributed by atoms with van der Waals surface area (Å²) in [4.78, 5) is 30.4. The molecule has 12 heteroatoms. The Bertz CT molecular complexity index is 1900. The quantitative estimate of drug-likeness (QED) is 0.132. The molecule has 5 aromatic rings. The second kappa shape index (κ2) is 12.3. The number of furan rings is 1. The van der Waals surface area contributed by atoms with E-state index in [1.54, 1.807) is 56.5 Å². The number of aromatic nitrogens is 2. The second-order valence-electron chi connectivity index (χ2n) is 8.93. The Balaban J connectivity index is 1.66. The van der Waals surface area contributed by atoms with Crippen LogP contribution in [0.2, 0.25) is 5.02 Å². The molecule has 1 atom stereocenters. The predicted molar refractivity (Wildman–Crippen MR) is 163 cm³/mol. The van der Waals surface area contributed by atoms with Crippen LogP contribution in [-0.4, -0.2) is 48.8 Å². The molecular weight excluding hydrogens is 630 g/mol. The maximum Gasteiger partial charge on any atom is 0.346 e. The van der Waals surface area contributed by atoms with Crippen molar-refractivity contribution in [2.75, 3.05) is 20.8 Å². The van der Waals surface area contributed by atoms with Crippen LogP contribution in [0.4, 0.5) is 0 Å². The molecule has 2 aromatic heterocycles. The maximum absolute atomic E-state index is 13.7. The number of carbonyl (C=O) groups excluding carboxylic acids is 1. The van der Waals surface area contributed by atoms with Crippen molar-refractivity contribution in [2.45, 2.75) is 20.0 Å². The first kappa shape index (κ1) is 29.2. The highest BCUT2D eigenvalue weighted by molar-refractivity contribution is 9.10. The van der Waals surface area contributed by atoms with E-state index in [2.05, 4.69) is 21.0 Å². The van der Waals surface area contributed by atoms with E-state index in [0.717, 1.165) is 10.1 Å². The van der Waals surface area contributed by atoms with E-state index < -0.39 is 17.6 Å². The van der Waals surface area contributed by atoms with E-state index in [0.29, 0.717) is 44.6 Å². The number of fused-ring (bicyclic) bond motifs is 2. The van der Waals surface area contributed by atoms with Gasteiger partial charge in [0.15, 0.2) is 23.4 Å². The number of ether oxygens (including phenoxy) is 4. The standard InChI is InChI=1S/C30H25BrClN3O7/c1-5-40-23-13-17(25(31)26(32)27(23)41-16(2)30(37)39-4)15-33-35-28(34-20-10-7-6-9-18(20)29(35)36)24-14-19-21(38-3)11-8-12-22(19)42-24/h6-16H,5H2,1-4H3/t16-/m1/s1. The van der Waals surface area contributed by atoms with Crippen molar-refractivity contribution in [1.29, 1.82) is 0 Å². The fourth-order valence-electron chi connectivity index (χ4n) is 4.29. The number of esters is 1. The minimum absolute atomic E-state index is 0.145. The lowest BCUT2D eigenvalue weighted by molar-refractivity contribution is -0.147. The molecule has 0 saturated heterocycles. The van der Waals surface area contributed by atoms with Crippen LogP contribution in [0, 0.1) is 0 Å². The third kappa shape index (κ3) is 5.45. The van der Waals surface area contributed by atoms with Gasteiger partial charge in [-0.15, -0.1) is 0 Å². The smallest absolute Gasteiger partial charge is 0.346 e. The minimum atomic E-state index is -0.939. The zero-order chi connectivity index (χ0) is 30.0. The molecule has 216 valence electrons. The van der Waals surface area contributed by atoms with Crippen molar-refractivity contribution in [1.82, 2.24) is 9.66 Å². The Morgan fingerprint density at radius 3 is 2.67 bits per heavy atom. The van der Waals surface area contributed by atoms with Crippen molar-refractivity contribution < 1.29 is 28.2 Å². The lowest BCUT2D eigenvalue weighted by atomic mass is 10.2. The van der Waals surface area contributed by atoms with Crippen LogP contribution in [0.5, 0.6) is 17.2 Å². The number of para-hydroxylation sites is 1. The largest absolute Gasteiger partial charge is 0.496 e. The lowest BCUT2D eigenvalue weighted by Crippen LogP contribution is -2.25. The molecule has 0 N–H and O–H groups in total. The Morgan fingerprint density at radius 2 is 1.93 bits per heavy atom. The van der Waals surface area contributed by atoms with E-state index in [9.17, 15) is 9.59 Å². The number of hydrogen-bond donors (Lipinski definition) is 0. The molecule has 0 unspecified atom stereocenters. The highest BCUT2D eigenvalue weighted by atomic mass is 79.9. The van der Waals surface area contributed by atoms with Crippen molar-refractivity contribution in [3.63, 3.8) is 0 Å². The Morgan fingerprint density at radius 1 is 1.14 bits per heavy atom. The zero-order valence-corrected chi connectivity index (χ0v) is 25.4. The third-order valence-electron chi connectivity index (χ3n) is 6.31.